The number of carbonyl (C=O) groups excluding carboxylic acids is 1. The van der Waals surface area contributed by atoms with Gasteiger partial charge in [-0.3, -0.25) is 4.79 Å². The van der Waals surface area contributed by atoms with Gasteiger partial charge in [0.15, 0.2) is 6.61 Å². The van der Waals surface area contributed by atoms with E-state index in [0.717, 1.165) is 6.92 Å². The predicted molar refractivity (Wildman–Crippen MR) is 48.0 cm³/mol. The largest absolute Gasteiger partial charge is 0.479 e. The van der Waals surface area contributed by atoms with Crippen molar-refractivity contribution in [1.82, 2.24) is 0 Å². The second kappa shape index (κ2) is 4.35. The van der Waals surface area contributed by atoms with Crippen LogP contribution >= 0.6 is 0 Å². The SMILES string of the molecule is CC(=O)OC1COc2c(F)c(F)c(F)c(F)c2O1. The number of fused-ring (bicyclic) bond motifs is 1. The molecule has 0 spiro atoms. The lowest BCUT2D eigenvalue weighted by atomic mass is 10.2. The average molecular weight is 266 g/mol. The van der Waals surface area contributed by atoms with Crippen LogP contribution in [-0.4, -0.2) is 18.9 Å². The minimum absolute atomic E-state index is 0.464. The van der Waals surface area contributed by atoms with E-state index in [2.05, 4.69) is 9.47 Å². The number of hydrogen-bond acceptors (Lipinski definition) is 4. The molecule has 1 aliphatic heterocycles. The van der Waals surface area contributed by atoms with Gasteiger partial charge in [-0.15, -0.1) is 0 Å². The molecule has 1 aliphatic rings. The average Bonchev–Trinajstić information content (AvgIpc) is 2.33. The Hall–Kier alpha value is -1.99. The van der Waals surface area contributed by atoms with Gasteiger partial charge in [-0.05, 0) is 0 Å². The summed E-state index contributed by atoms with van der Waals surface area (Å²) in [6, 6.07) is 0. The number of ether oxygens (including phenoxy) is 3. The van der Waals surface area contributed by atoms with Gasteiger partial charge in [0.25, 0.3) is 6.29 Å². The molecule has 2 rings (SSSR count). The molecule has 0 saturated carbocycles. The molecule has 0 N–H and O–H groups in total. The van der Waals surface area contributed by atoms with E-state index in [9.17, 15) is 22.4 Å². The number of hydrogen-bond donors (Lipinski definition) is 0. The Bertz CT molecular complexity index is 517. The molecule has 0 aliphatic carbocycles. The van der Waals surface area contributed by atoms with Gasteiger partial charge in [-0.1, -0.05) is 0 Å². The quantitative estimate of drug-likeness (QED) is 0.337. The molecule has 18 heavy (non-hydrogen) atoms. The van der Waals surface area contributed by atoms with Gasteiger partial charge in [0.05, 0.1) is 0 Å². The molecule has 1 heterocycles. The van der Waals surface area contributed by atoms with Crippen LogP contribution in [0.25, 0.3) is 0 Å². The van der Waals surface area contributed by atoms with E-state index in [1.807, 2.05) is 0 Å². The maximum absolute atomic E-state index is 13.3. The van der Waals surface area contributed by atoms with E-state index in [1.54, 1.807) is 0 Å². The normalized spacial score (nSPS) is 17.5. The van der Waals surface area contributed by atoms with Gasteiger partial charge in [-0.2, -0.15) is 8.78 Å². The van der Waals surface area contributed by atoms with Crippen molar-refractivity contribution < 1.29 is 36.6 Å². The van der Waals surface area contributed by atoms with Crippen molar-refractivity contribution in [3.05, 3.63) is 23.3 Å². The van der Waals surface area contributed by atoms with E-state index >= 15 is 0 Å². The van der Waals surface area contributed by atoms with Crippen molar-refractivity contribution in [2.75, 3.05) is 6.61 Å². The first kappa shape index (κ1) is 12.5. The third-order valence-electron chi connectivity index (χ3n) is 2.09. The number of esters is 1. The van der Waals surface area contributed by atoms with Crippen LogP contribution in [-0.2, 0) is 9.53 Å². The zero-order valence-corrected chi connectivity index (χ0v) is 8.93. The summed E-state index contributed by atoms with van der Waals surface area (Å²) in [5, 5.41) is 0. The lowest BCUT2D eigenvalue weighted by molar-refractivity contribution is -0.168. The van der Waals surface area contributed by atoms with Crippen LogP contribution in [0.2, 0.25) is 0 Å². The first-order valence-electron chi connectivity index (χ1n) is 4.74. The van der Waals surface area contributed by atoms with E-state index in [4.69, 9.17) is 4.74 Å². The van der Waals surface area contributed by atoms with Crippen LogP contribution in [0.15, 0.2) is 0 Å². The topological polar surface area (TPSA) is 44.8 Å². The van der Waals surface area contributed by atoms with Crippen LogP contribution < -0.4 is 9.47 Å². The first-order valence-corrected chi connectivity index (χ1v) is 4.74. The Morgan fingerprint density at radius 2 is 1.67 bits per heavy atom. The van der Waals surface area contributed by atoms with Crippen molar-refractivity contribution in [3.63, 3.8) is 0 Å². The molecule has 0 bridgehead atoms. The molecular formula is C10H6F4O4. The Morgan fingerprint density at radius 1 is 1.11 bits per heavy atom. The van der Waals surface area contributed by atoms with Crippen LogP contribution in [0.3, 0.4) is 0 Å². The molecule has 0 aromatic heterocycles. The van der Waals surface area contributed by atoms with Crippen LogP contribution in [0.4, 0.5) is 17.6 Å². The maximum atomic E-state index is 13.3. The highest BCUT2D eigenvalue weighted by Gasteiger charge is 2.34. The molecule has 1 aromatic carbocycles. The van der Waals surface area contributed by atoms with E-state index in [-0.39, 0.29) is 0 Å². The summed E-state index contributed by atoms with van der Waals surface area (Å²) in [4.78, 5) is 10.6. The minimum Gasteiger partial charge on any atom is -0.479 e. The Balaban J connectivity index is 2.41. The van der Waals surface area contributed by atoms with Gasteiger partial charge in [-0.25, -0.2) is 8.78 Å². The van der Waals surface area contributed by atoms with Crippen molar-refractivity contribution in [3.8, 4) is 11.5 Å². The van der Waals surface area contributed by atoms with Gasteiger partial charge >= 0.3 is 5.97 Å². The van der Waals surface area contributed by atoms with Gasteiger partial charge < -0.3 is 14.2 Å². The lowest BCUT2D eigenvalue weighted by Gasteiger charge is -2.26. The van der Waals surface area contributed by atoms with Crippen LogP contribution in [0.1, 0.15) is 6.92 Å². The standard InChI is InChI=1S/C10H6F4O4/c1-3(15)17-4-2-16-9-7(13)5(11)6(12)8(14)10(9)18-4/h4H,2H2,1H3. The molecule has 1 unspecified atom stereocenters. The number of halogens is 4. The Kier molecular flexibility index (Phi) is 3.02. The molecule has 0 amide bonds. The van der Waals surface area contributed by atoms with Crippen LogP contribution in [0, 0.1) is 23.3 Å². The van der Waals surface area contributed by atoms with E-state index in [1.165, 1.54) is 0 Å². The Labute approximate surface area is 98.0 Å². The third kappa shape index (κ3) is 1.93. The van der Waals surface area contributed by atoms with Crippen molar-refractivity contribution in [2.45, 2.75) is 13.2 Å². The summed E-state index contributed by atoms with van der Waals surface area (Å²) >= 11 is 0. The molecule has 1 aromatic rings. The summed E-state index contributed by atoms with van der Waals surface area (Å²) in [6.45, 7) is 0.592. The van der Waals surface area contributed by atoms with Crippen molar-refractivity contribution in [2.24, 2.45) is 0 Å². The zero-order valence-electron chi connectivity index (χ0n) is 8.93. The molecular weight excluding hydrogens is 260 g/mol. The fourth-order valence-electron chi connectivity index (χ4n) is 1.39. The summed E-state index contributed by atoms with van der Waals surface area (Å²) < 4.78 is 66.2. The summed E-state index contributed by atoms with van der Waals surface area (Å²) in [6.07, 6.45) is -1.35. The monoisotopic (exact) mass is 266 g/mol. The molecule has 8 heteroatoms. The number of benzene rings is 1. The van der Waals surface area contributed by atoms with Crippen LogP contribution in [0.5, 0.6) is 11.5 Å². The second-order valence-electron chi connectivity index (χ2n) is 3.38. The molecule has 98 valence electrons. The maximum Gasteiger partial charge on any atom is 0.305 e. The highest BCUT2D eigenvalue weighted by atomic mass is 19.2. The van der Waals surface area contributed by atoms with Gasteiger partial charge in [0.2, 0.25) is 34.8 Å². The number of rotatable bonds is 1. The smallest absolute Gasteiger partial charge is 0.305 e. The molecule has 0 saturated heterocycles. The summed E-state index contributed by atoms with van der Waals surface area (Å²) in [5.41, 5.74) is 0. The van der Waals surface area contributed by atoms with E-state index in [0.29, 0.717) is 0 Å². The second-order valence-corrected chi connectivity index (χ2v) is 3.38. The number of carbonyl (C=O) groups is 1. The fourth-order valence-corrected chi connectivity index (χ4v) is 1.39. The lowest BCUT2D eigenvalue weighted by Crippen LogP contribution is -2.34. The summed E-state index contributed by atoms with van der Waals surface area (Å²) in [7, 11) is 0. The molecule has 1 atom stereocenters. The highest BCUT2D eigenvalue weighted by Crippen LogP contribution is 2.39. The fraction of sp³-hybridized carbons (Fsp3) is 0.300. The van der Waals surface area contributed by atoms with Crippen molar-refractivity contribution >= 4 is 5.97 Å². The molecule has 0 radical (unpaired) electrons. The molecule has 0 fully saturated rings. The highest BCUT2D eigenvalue weighted by molar-refractivity contribution is 5.66. The Morgan fingerprint density at radius 3 is 2.22 bits per heavy atom. The third-order valence-corrected chi connectivity index (χ3v) is 2.09. The van der Waals surface area contributed by atoms with Crippen molar-refractivity contribution in [1.29, 1.82) is 0 Å². The zero-order chi connectivity index (χ0) is 13.4. The molecule has 4 nitrogen and oxygen atoms in total. The van der Waals surface area contributed by atoms with E-state index < -0.39 is 53.6 Å². The predicted octanol–water partition coefficient (Wildman–Crippen LogP) is 1.90. The first-order chi connectivity index (χ1) is 8.41. The summed E-state index contributed by atoms with van der Waals surface area (Å²) in [5.74, 6) is -10.1. The van der Waals surface area contributed by atoms with Gasteiger partial charge in [0, 0.05) is 6.92 Å². The minimum atomic E-state index is -2.03. The van der Waals surface area contributed by atoms with Gasteiger partial charge in [0.1, 0.15) is 0 Å².